The zero-order chi connectivity index (χ0) is 19.8. The quantitative estimate of drug-likeness (QED) is 0.462. The first kappa shape index (κ1) is 22.4. The molecule has 1 aromatic heterocycles. The number of carboxylic acid groups (broad SMARTS) is 2. The molecule has 0 aliphatic carbocycles. The van der Waals surface area contributed by atoms with E-state index in [0.717, 1.165) is 0 Å². The molecule has 25 heavy (non-hydrogen) atoms. The van der Waals surface area contributed by atoms with E-state index in [4.69, 9.17) is 20.7 Å². The van der Waals surface area contributed by atoms with Gasteiger partial charge in [0.05, 0.1) is 11.4 Å². The number of carbonyl (C=O) groups is 2. The van der Waals surface area contributed by atoms with E-state index in [1.54, 1.807) is 13.8 Å². The number of alkyl halides is 3. The molecule has 0 bridgehead atoms. The molecule has 9 nitrogen and oxygen atoms in total. The molecule has 1 heterocycles. The summed E-state index contributed by atoms with van der Waals surface area (Å²) in [5.41, 5.74) is 6.39. The molecule has 0 spiro atoms. The largest absolute Gasteiger partial charge is 0.504 e. The van der Waals surface area contributed by atoms with Crippen molar-refractivity contribution in [2.45, 2.75) is 38.9 Å². The number of aryl methyl sites for hydroxylation is 2. The molecule has 0 radical (unpaired) electrons. The SMILES string of the molecule is Cc1nc(NCCC[C@H](N)C(=O)O)nc(C)c1O.O=C(O)C(F)(F)F. The van der Waals surface area contributed by atoms with Crippen LogP contribution in [0.2, 0.25) is 0 Å². The van der Waals surface area contributed by atoms with Gasteiger partial charge in [-0.2, -0.15) is 13.2 Å². The van der Waals surface area contributed by atoms with Crippen molar-refractivity contribution in [3.8, 4) is 5.75 Å². The Morgan fingerprint density at radius 2 is 1.64 bits per heavy atom. The summed E-state index contributed by atoms with van der Waals surface area (Å²) in [5.74, 6) is -3.24. The number of aromatic nitrogens is 2. The normalized spacial score (nSPS) is 11.9. The number of nitrogens with one attached hydrogen (secondary N) is 1. The zero-order valence-electron chi connectivity index (χ0n) is 13.5. The van der Waals surface area contributed by atoms with Crippen molar-refractivity contribution in [3.63, 3.8) is 0 Å². The number of nitrogens with two attached hydrogens (primary N) is 1. The van der Waals surface area contributed by atoms with Crippen molar-refractivity contribution < 1.29 is 38.1 Å². The lowest BCUT2D eigenvalue weighted by molar-refractivity contribution is -0.192. The topological polar surface area (TPSA) is 159 Å². The first-order chi connectivity index (χ1) is 11.4. The van der Waals surface area contributed by atoms with E-state index in [-0.39, 0.29) is 5.75 Å². The summed E-state index contributed by atoms with van der Waals surface area (Å²) < 4.78 is 31.7. The minimum Gasteiger partial charge on any atom is -0.504 e. The zero-order valence-corrected chi connectivity index (χ0v) is 13.5. The molecule has 142 valence electrons. The number of halogens is 3. The third kappa shape index (κ3) is 8.69. The molecule has 0 unspecified atom stereocenters. The molecule has 0 fully saturated rings. The van der Waals surface area contributed by atoms with Gasteiger partial charge in [-0.15, -0.1) is 0 Å². The summed E-state index contributed by atoms with van der Waals surface area (Å²) >= 11 is 0. The Morgan fingerprint density at radius 3 is 2.00 bits per heavy atom. The second-order valence-corrected chi connectivity index (χ2v) is 4.88. The van der Waals surface area contributed by atoms with Gasteiger partial charge in [-0.3, -0.25) is 4.79 Å². The van der Waals surface area contributed by atoms with Gasteiger partial charge in [0.25, 0.3) is 0 Å². The van der Waals surface area contributed by atoms with E-state index < -0.39 is 24.2 Å². The second kappa shape index (κ2) is 9.61. The molecular formula is C13H19F3N4O5. The van der Waals surface area contributed by atoms with E-state index in [9.17, 15) is 23.1 Å². The van der Waals surface area contributed by atoms with Crippen molar-refractivity contribution in [2.75, 3.05) is 11.9 Å². The van der Waals surface area contributed by atoms with Gasteiger partial charge in [0.1, 0.15) is 6.04 Å². The Balaban J connectivity index is 0.000000697. The molecule has 1 rings (SSSR count). The van der Waals surface area contributed by atoms with Gasteiger partial charge in [0.15, 0.2) is 5.75 Å². The molecule has 0 aliphatic heterocycles. The maximum absolute atomic E-state index is 10.6. The molecule has 12 heteroatoms. The number of nitrogens with zero attached hydrogens (tertiary/aromatic N) is 2. The van der Waals surface area contributed by atoms with Crippen molar-refractivity contribution in [1.82, 2.24) is 9.97 Å². The van der Waals surface area contributed by atoms with Crippen LogP contribution in [0, 0.1) is 13.8 Å². The number of hydrogen-bond acceptors (Lipinski definition) is 7. The first-order valence-electron chi connectivity index (χ1n) is 6.92. The highest BCUT2D eigenvalue weighted by Gasteiger charge is 2.38. The summed E-state index contributed by atoms with van der Waals surface area (Å²) in [5, 5.41) is 28.2. The average Bonchev–Trinajstić information content (AvgIpc) is 2.48. The third-order valence-corrected chi connectivity index (χ3v) is 2.77. The van der Waals surface area contributed by atoms with Gasteiger partial charge in [-0.05, 0) is 26.7 Å². The van der Waals surface area contributed by atoms with Gasteiger partial charge in [0.2, 0.25) is 5.95 Å². The molecular weight excluding hydrogens is 349 g/mol. The highest BCUT2D eigenvalue weighted by molar-refractivity contribution is 5.73. The molecule has 6 N–H and O–H groups in total. The van der Waals surface area contributed by atoms with Crippen molar-refractivity contribution in [1.29, 1.82) is 0 Å². The minimum atomic E-state index is -5.08. The van der Waals surface area contributed by atoms with Crippen LogP contribution in [0.4, 0.5) is 19.1 Å². The lowest BCUT2D eigenvalue weighted by atomic mass is 10.2. The minimum absolute atomic E-state index is 0.0912. The third-order valence-electron chi connectivity index (χ3n) is 2.77. The molecule has 0 saturated heterocycles. The number of carboxylic acids is 2. The number of hydrogen-bond donors (Lipinski definition) is 5. The smallest absolute Gasteiger partial charge is 0.490 e. The molecule has 0 aliphatic rings. The van der Waals surface area contributed by atoms with E-state index in [0.29, 0.717) is 36.7 Å². The van der Waals surface area contributed by atoms with E-state index in [1.807, 2.05) is 0 Å². The lowest BCUT2D eigenvalue weighted by Crippen LogP contribution is -2.30. The first-order valence-corrected chi connectivity index (χ1v) is 6.92. The fourth-order valence-electron chi connectivity index (χ4n) is 1.44. The lowest BCUT2D eigenvalue weighted by Gasteiger charge is -2.09. The molecule has 0 amide bonds. The van der Waals surface area contributed by atoms with Crippen LogP contribution in [0.5, 0.6) is 5.75 Å². The Morgan fingerprint density at radius 1 is 1.20 bits per heavy atom. The Hall–Kier alpha value is -2.63. The highest BCUT2D eigenvalue weighted by atomic mass is 19.4. The van der Waals surface area contributed by atoms with Gasteiger partial charge >= 0.3 is 18.1 Å². The van der Waals surface area contributed by atoms with Crippen LogP contribution >= 0.6 is 0 Å². The van der Waals surface area contributed by atoms with E-state index in [2.05, 4.69) is 15.3 Å². The van der Waals surface area contributed by atoms with Crippen LogP contribution in [0.25, 0.3) is 0 Å². The Bertz CT molecular complexity index is 587. The summed E-state index contributed by atoms with van der Waals surface area (Å²) in [7, 11) is 0. The van der Waals surface area contributed by atoms with Crippen LogP contribution in [0.15, 0.2) is 0 Å². The predicted molar refractivity (Wildman–Crippen MR) is 80.2 cm³/mol. The van der Waals surface area contributed by atoms with Gasteiger partial charge in [-0.25, -0.2) is 14.8 Å². The molecule has 0 aromatic carbocycles. The predicted octanol–water partition coefficient (Wildman–Crippen LogP) is 1.04. The van der Waals surface area contributed by atoms with Crippen molar-refractivity contribution >= 4 is 17.9 Å². The standard InChI is InChI=1S/C11H18N4O3.C2HF3O2/c1-6-9(16)7(2)15-11(14-6)13-5-3-4-8(12)10(17)18;3-2(4,5)1(6)7/h8,16H,3-5,12H2,1-2H3,(H,17,18)(H,13,14,15);(H,6,7)/t8-;/m0./s1. The fourth-order valence-corrected chi connectivity index (χ4v) is 1.44. The number of aromatic hydroxyl groups is 1. The second-order valence-electron chi connectivity index (χ2n) is 4.88. The summed E-state index contributed by atoms with van der Waals surface area (Å²) in [6.07, 6.45) is -4.09. The van der Waals surface area contributed by atoms with Crippen LogP contribution in [-0.4, -0.2) is 56.0 Å². The average molecular weight is 368 g/mol. The van der Waals surface area contributed by atoms with Gasteiger partial charge in [0, 0.05) is 6.54 Å². The van der Waals surface area contributed by atoms with E-state index in [1.165, 1.54) is 0 Å². The molecule has 0 saturated carbocycles. The number of anilines is 1. The fraction of sp³-hybridized carbons (Fsp3) is 0.538. The molecule has 1 atom stereocenters. The van der Waals surface area contributed by atoms with Crippen molar-refractivity contribution in [2.24, 2.45) is 5.73 Å². The van der Waals surface area contributed by atoms with Gasteiger partial charge < -0.3 is 26.4 Å². The molecule has 1 aromatic rings. The van der Waals surface area contributed by atoms with Crippen LogP contribution in [-0.2, 0) is 9.59 Å². The van der Waals surface area contributed by atoms with Crippen LogP contribution < -0.4 is 11.1 Å². The number of aliphatic carboxylic acids is 2. The summed E-state index contributed by atoms with van der Waals surface area (Å²) in [6.45, 7) is 3.91. The van der Waals surface area contributed by atoms with E-state index >= 15 is 0 Å². The van der Waals surface area contributed by atoms with Crippen molar-refractivity contribution in [3.05, 3.63) is 11.4 Å². The van der Waals surface area contributed by atoms with Crippen LogP contribution in [0.1, 0.15) is 24.2 Å². The number of rotatable bonds is 6. The highest BCUT2D eigenvalue weighted by Crippen LogP contribution is 2.18. The maximum Gasteiger partial charge on any atom is 0.490 e. The van der Waals surface area contributed by atoms with Gasteiger partial charge in [-0.1, -0.05) is 0 Å². The monoisotopic (exact) mass is 368 g/mol. The Kier molecular flexibility index (Phi) is 8.60. The maximum atomic E-state index is 10.6. The Labute approximate surface area is 140 Å². The summed E-state index contributed by atoms with van der Waals surface area (Å²) in [6, 6.07) is -0.837. The summed E-state index contributed by atoms with van der Waals surface area (Å²) in [4.78, 5) is 27.5. The van der Waals surface area contributed by atoms with Crippen LogP contribution in [0.3, 0.4) is 0 Å².